The average Bonchev–Trinajstić information content (AvgIpc) is 3.17. The molecule has 0 radical (unpaired) electrons. The van der Waals surface area contributed by atoms with Gasteiger partial charge >= 0.3 is 0 Å². The van der Waals surface area contributed by atoms with Crippen molar-refractivity contribution < 1.29 is 22.7 Å². The van der Waals surface area contributed by atoms with E-state index in [1.54, 1.807) is 20.3 Å². The van der Waals surface area contributed by atoms with Gasteiger partial charge in [0.05, 0.1) is 35.9 Å². The van der Waals surface area contributed by atoms with E-state index in [1.165, 1.54) is 23.9 Å². The Morgan fingerprint density at radius 2 is 1.85 bits per heavy atom. The number of benzene rings is 2. The smallest absolute Gasteiger partial charge is 0.238 e. The first-order chi connectivity index (χ1) is 15.7. The summed E-state index contributed by atoms with van der Waals surface area (Å²) in [6, 6.07) is 8.54. The number of fused-ring (bicyclic) bond motifs is 2. The van der Waals surface area contributed by atoms with Crippen molar-refractivity contribution in [1.82, 2.24) is 14.5 Å². The number of imidazole rings is 1. The van der Waals surface area contributed by atoms with Gasteiger partial charge in [0.1, 0.15) is 0 Å². The highest BCUT2D eigenvalue weighted by Gasteiger charge is 2.24. The molecule has 0 saturated heterocycles. The van der Waals surface area contributed by atoms with Crippen molar-refractivity contribution in [3.8, 4) is 11.5 Å². The van der Waals surface area contributed by atoms with Crippen LogP contribution in [0.1, 0.15) is 18.1 Å². The lowest BCUT2D eigenvalue weighted by molar-refractivity contribution is -0.129. The maximum atomic E-state index is 13.0. The first kappa shape index (κ1) is 23.4. The highest BCUT2D eigenvalue weighted by Crippen LogP contribution is 2.33. The van der Waals surface area contributed by atoms with Crippen LogP contribution in [0, 0.1) is 0 Å². The zero-order chi connectivity index (χ0) is 23.8. The van der Waals surface area contributed by atoms with Crippen molar-refractivity contribution in [3.05, 3.63) is 41.5 Å². The number of nitrogens with two attached hydrogens (primary N) is 1. The second-order valence-corrected chi connectivity index (χ2v) is 10.2. The molecule has 176 valence electrons. The molecule has 3 aromatic rings. The van der Waals surface area contributed by atoms with Gasteiger partial charge in [0, 0.05) is 19.6 Å². The molecule has 0 aliphatic carbocycles. The van der Waals surface area contributed by atoms with Gasteiger partial charge in [0.25, 0.3) is 0 Å². The van der Waals surface area contributed by atoms with Crippen molar-refractivity contribution in [2.75, 3.05) is 26.5 Å². The highest BCUT2D eigenvalue weighted by molar-refractivity contribution is 7.99. The highest BCUT2D eigenvalue weighted by atomic mass is 32.2. The van der Waals surface area contributed by atoms with Gasteiger partial charge in [-0.15, -0.1) is 0 Å². The fraction of sp³-hybridized carbons (Fsp3) is 0.364. The van der Waals surface area contributed by atoms with Gasteiger partial charge < -0.3 is 18.9 Å². The second-order valence-electron chi connectivity index (χ2n) is 7.66. The maximum Gasteiger partial charge on any atom is 0.238 e. The van der Waals surface area contributed by atoms with E-state index in [0.717, 1.165) is 23.1 Å². The molecule has 4 rings (SSSR count). The summed E-state index contributed by atoms with van der Waals surface area (Å²) in [4.78, 5) is 19.4. The normalized spacial score (nSPS) is 13.8. The Labute approximate surface area is 196 Å². The molecule has 1 aliphatic rings. The molecule has 0 bridgehead atoms. The summed E-state index contributed by atoms with van der Waals surface area (Å²) in [7, 11) is -0.606. The number of thioether (sulfide) groups is 1. The van der Waals surface area contributed by atoms with Gasteiger partial charge in [-0.1, -0.05) is 11.8 Å². The van der Waals surface area contributed by atoms with Crippen LogP contribution in [0.15, 0.2) is 40.4 Å². The van der Waals surface area contributed by atoms with Crippen molar-refractivity contribution in [2.24, 2.45) is 5.14 Å². The number of hydrogen-bond acceptors (Lipinski definition) is 7. The molecular formula is C22H26N4O5S2. The fourth-order valence-electron chi connectivity index (χ4n) is 3.99. The number of nitrogens with zero attached hydrogens (tertiary/aromatic N) is 3. The summed E-state index contributed by atoms with van der Waals surface area (Å²) in [5.41, 5.74) is 3.54. The molecule has 1 aliphatic heterocycles. The lowest BCUT2D eigenvalue weighted by atomic mass is 9.99. The number of aryl methyl sites for hydroxylation is 1. The molecule has 0 atom stereocenters. The van der Waals surface area contributed by atoms with Gasteiger partial charge in [-0.3, -0.25) is 4.79 Å². The van der Waals surface area contributed by atoms with E-state index < -0.39 is 10.0 Å². The van der Waals surface area contributed by atoms with Gasteiger partial charge in [-0.25, -0.2) is 18.5 Å². The van der Waals surface area contributed by atoms with Crippen molar-refractivity contribution in [1.29, 1.82) is 0 Å². The van der Waals surface area contributed by atoms with Crippen LogP contribution < -0.4 is 14.6 Å². The molecule has 33 heavy (non-hydrogen) atoms. The molecule has 2 N–H and O–H groups in total. The third kappa shape index (κ3) is 4.66. The molecule has 0 unspecified atom stereocenters. The number of primary sulfonamides is 1. The molecule has 1 amide bonds. The van der Waals surface area contributed by atoms with Gasteiger partial charge in [-0.05, 0) is 54.8 Å². The van der Waals surface area contributed by atoms with Gasteiger partial charge in [0.2, 0.25) is 15.9 Å². The minimum absolute atomic E-state index is 0.0142. The van der Waals surface area contributed by atoms with Crippen molar-refractivity contribution in [2.45, 2.75) is 36.5 Å². The zero-order valence-corrected chi connectivity index (χ0v) is 20.3. The molecular weight excluding hydrogens is 464 g/mol. The first-order valence-corrected chi connectivity index (χ1v) is 13.0. The summed E-state index contributed by atoms with van der Waals surface area (Å²) in [6.45, 7) is 3.76. The van der Waals surface area contributed by atoms with Crippen LogP contribution in [-0.2, 0) is 34.3 Å². The van der Waals surface area contributed by atoms with Crippen molar-refractivity contribution >= 4 is 38.7 Å². The Bertz CT molecular complexity index is 1320. The Morgan fingerprint density at radius 3 is 2.48 bits per heavy atom. The largest absolute Gasteiger partial charge is 0.493 e. The molecule has 9 nitrogen and oxygen atoms in total. The van der Waals surface area contributed by atoms with Crippen LogP contribution in [0.5, 0.6) is 11.5 Å². The lowest BCUT2D eigenvalue weighted by Crippen LogP contribution is -2.37. The molecule has 0 spiro atoms. The van der Waals surface area contributed by atoms with E-state index >= 15 is 0 Å². The summed E-state index contributed by atoms with van der Waals surface area (Å²) in [5.74, 6) is 1.58. The maximum absolute atomic E-state index is 13.0. The number of sulfonamides is 1. The predicted molar refractivity (Wildman–Crippen MR) is 126 cm³/mol. The number of rotatable bonds is 7. The summed E-state index contributed by atoms with van der Waals surface area (Å²) in [6.07, 6.45) is 0.746. The summed E-state index contributed by atoms with van der Waals surface area (Å²) >= 11 is 1.34. The number of aromatic nitrogens is 2. The van der Waals surface area contributed by atoms with Crippen LogP contribution >= 0.6 is 11.8 Å². The van der Waals surface area contributed by atoms with Crippen LogP contribution in [0.3, 0.4) is 0 Å². The predicted octanol–water partition coefficient (Wildman–Crippen LogP) is 2.40. The quantitative estimate of drug-likeness (QED) is 0.506. The van der Waals surface area contributed by atoms with E-state index in [0.29, 0.717) is 41.8 Å². The van der Waals surface area contributed by atoms with Crippen LogP contribution in [-0.4, -0.2) is 55.3 Å². The van der Waals surface area contributed by atoms with Crippen LogP contribution in [0.4, 0.5) is 0 Å². The Balaban J connectivity index is 1.50. The van der Waals surface area contributed by atoms with Crippen molar-refractivity contribution in [3.63, 3.8) is 0 Å². The minimum Gasteiger partial charge on any atom is -0.493 e. The molecule has 0 fully saturated rings. The number of carbonyl (C=O) groups is 1. The zero-order valence-electron chi connectivity index (χ0n) is 18.7. The first-order valence-electron chi connectivity index (χ1n) is 10.4. The van der Waals surface area contributed by atoms with Gasteiger partial charge in [-0.2, -0.15) is 0 Å². The number of amides is 1. The monoisotopic (exact) mass is 490 g/mol. The third-order valence-corrected chi connectivity index (χ3v) is 7.60. The molecule has 1 aromatic heterocycles. The molecule has 11 heteroatoms. The number of hydrogen-bond donors (Lipinski definition) is 1. The Morgan fingerprint density at radius 1 is 1.15 bits per heavy atom. The third-order valence-electron chi connectivity index (χ3n) is 5.72. The summed E-state index contributed by atoms with van der Waals surface area (Å²) < 4.78 is 36.1. The Hall–Kier alpha value is -2.76. The van der Waals surface area contributed by atoms with Crippen LogP contribution in [0.25, 0.3) is 11.0 Å². The van der Waals surface area contributed by atoms with E-state index in [1.807, 2.05) is 28.5 Å². The molecule has 0 saturated carbocycles. The standard InChI is InChI=1S/C22H26N4O5S2/c1-4-26-18-6-5-16(33(23,28)29)11-17(18)24-22(26)32-13-21(27)25-8-7-14-9-19(30-2)20(31-3)10-15(14)12-25/h5-6,9-11H,4,7-8,12-13H2,1-3H3,(H2,23,28,29). The van der Waals surface area contributed by atoms with Gasteiger partial charge in [0.15, 0.2) is 16.7 Å². The minimum atomic E-state index is -3.81. The number of carbonyl (C=O) groups excluding carboxylic acids is 1. The molecule has 2 aromatic carbocycles. The second kappa shape index (κ2) is 9.24. The number of methoxy groups -OCH3 is 2. The molecule has 2 heterocycles. The van der Waals surface area contributed by atoms with E-state index in [2.05, 4.69) is 4.98 Å². The average molecular weight is 491 g/mol. The fourth-order valence-corrected chi connectivity index (χ4v) is 5.51. The lowest BCUT2D eigenvalue weighted by Gasteiger charge is -2.29. The Kier molecular flexibility index (Phi) is 6.55. The van der Waals surface area contributed by atoms with E-state index in [-0.39, 0.29) is 16.6 Å². The van der Waals surface area contributed by atoms with E-state index in [4.69, 9.17) is 14.6 Å². The summed E-state index contributed by atoms with van der Waals surface area (Å²) in [5, 5.41) is 5.91. The van der Waals surface area contributed by atoms with E-state index in [9.17, 15) is 13.2 Å². The SMILES string of the molecule is CCn1c(SCC(=O)N2CCc3cc(OC)c(OC)cc3C2)nc2cc(S(N)(=O)=O)ccc21. The van der Waals surface area contributed by atoms with Crippen LogP contribution in [0.2, 0.25) is 0 Å². The number of ether oxygens (including phenoxy) is 2. The topological polar surface area (TPSA) is 117 Å².